The van der Waals surface area contributed by atoms with Gasteiger partial charge in [0.15, 0.2) is 0 Å². The van der Waals surface area contributed by atoms with Gasteiger partial charge in [0.2, 0.25) is 0 Å². The second kappa shape index (κ2) is 17.9. The highest BCUT2D eigenvalue weighted by atomic mass is 32.2. The molecule has 2 amide bonds. The number of anilines is 2. The van der Waals surface area contributed by atoms with Crippen LogP contribution in [0.15, 0.2) is 167 Å². The fraction of sp³-hybridized carbons (Fsp3) is 0. The number of carbonyl (C=O) groups excluding carboxylic acids is 2. The molecule has 0 heterocycles. The lowest BCUT2D eigenvalue weighted by Crippen LogP contribution is -2.18. The summed E-state index contributed by atoms with van der Waals surface area (Å²) in [6.45, 7) is 0. The molecule has 7 N–H and O–H groups in total. The zero-order valence-electron chi connectivity index (χ0n) is 33.3. The summed E-state index contributed by atoms with van der Waals surface area (Å²) >= 11 is 0. The van der Waals surface area contributed by atoms with Crippen LogP contribution >= 0.6 is 0 Å². The predicted molar refractivity (Wildman–Crippen MR) is 238 cm³/mol. The second-order valence-electron chi connectivity index (χ2n) is 14.0. The lowest BCUT2D eigenvalue weighted by Gasteiger charge is -2.11. The molecule has 26 heteroatoms. The maximum Gasteiger partial charge on any atom is 0.336 e. The van der Waals surface area contributed by atoms with Gasteiger partial charge in [-0.2, -0.15) is 54.1 Å². The van der Waals surface area contributed by atoms with Gasteiger partial charge in [-0.3, -0.25) is 27.8 Å². The van der Waals surface area contributed by atoms with Crippen molar-refractivity contribution in [3.8, 4) is 0 Å². The molecule has 0 saturated heterocycles. The van der Waals surface area contributed by atoms with Gasteiger partial charge < -0.3 is 15.7 Å². The smallest absolute Gasteiger partial charge is 0.336 e. The summed E-state index contributed by atoms with van der Waals surface area (Å²) in [5.74, 6) is -3.18. The first-order chi connectivity index (χ1) is 31.4. The number of azo groups is 2. The van der Waals surface area contributed by atoms with Gasteiger partial charge in [-0.15, -0.1) is 0 Å². The van der Waals surface area contributed by atoms with E-state index in [9.17, 15) is 71.4 Å². The normalized spacial score (nSPS) is 12.5. The van der Waals surface area contributed by atoms with Crippen LogP contribution in [0.1, 0.15) is 31.1 Å². The molecule has 0 spiro atoms. The van der Waals surface area contributed by atoms with Crippen LogP contribution in [0.3, 0.4) is 0 Å². The first-order valence-electron chi connectivity index (χ1n) is 18.4. The minimum absolute atomic E-state index is 0.146. The fourth-order valence-electron chi connectivity index (χ4n) is 6.53. The van der Waals surface area contributed by atoms with Crippen molar-refractivity contribution in [2.24, 2.45) is 20.5 Å². The molecule has 0 unspecified atom stereocenters. The molecular formula is C41H28N6O16S4. The van der Waals surface area contributed by atoms with Crippen molar-refractivity contribution in [3.63, 3.8) is 0 Å². The third-order valence-electron chi connectivity index (χ3n) is 9.49. The molecule has 342 valence electrons. The van der Waals surface area contributed by atoms with Gasteiger partial charge >= 0.3 is 5.97 Å². The number of carboxylic acid groups (broad SMARTS) is 1. The Morgan fingerprint density at radius 3 is 1.16 bits per heavy atom. The Kier molecular flexibility index (Phi) is 12.7. The average Bonchev–Trinajstić information content (AvgIpc) is 3.26. The molecule has 7 aromatic carbocycles. The molecule has 67 heavy (non-hydrogen) atoms. The third kappa shape index (κ3) is 10.7. The second-order valence-corrected chi connectivity index (χ2v) is 19.5. The van der Waals surface area contributed by atoms with E-state index in [2.05, 4.69) is 31.1 Å². The van der Waals surface area contributed by atoms with E-state index >= 15 is 0 Å². The molecule has 7 aromatic rings. The number of nitrogens with one attached hydrogen (secondary N) is 2. The maximum absolute atomic E-state index is 13.2. The number of aromatic carboxylic acids is 1. The standard InChI is InChI=1S/C41H28N6O16S4/c48-39(42-23-8-12-25(13-9-23)44-46-27-18-32-29(37(20-27)66(58,59)60)3-1-5-35(32)64(52,53)54)22-7-16-31(34(17-22)41(50)51)40(49)43-24-10-14-26(15-11-24)45-47-28-19-33-30(38(21-28)67(61,62)63)4-2-6-36(33)65(55,56)57/h1-21H,(H,42,48)(H,43,49)(H,50,51)(H,52,53,54)(H,55,56,57)(H,58,59,60)(H,61,62,63)/b46-44+,47-45+. The number of fused-ring (bicyclic) bond motifs is 2. The van der Waals surface area contributed by atoms with Crippen LogP contribution in [0.5, 0.6) is 0 Å². The number of hydrogen-bond donors (Lipinski definition) is 7. The van der Waals surface area contributed by atoms with E-state index in [1.54, 1.807) is 0 Å². The van der Waals surface area contributed by atoms with Gasteiger partial charge in [-0.1, -0.05) is 24.3 Å². The Morgan fingerprint density at radius 1 is 0.388 bits per heavy atom. The topological polar surface area (TPSA) is 362 Å². The third-order valence-corrected chi connectivity index (χ3v) is 13.1. The summed E-state index contributed by atoms with van der Waals surface area (Å²) in [5, 5.41) is 29.9. The van der Waals surface area contributed by atoms with Crippen molar-refractivity contribution in [1.29, 1.82) is 0 Å². The Labute approximate surface area is 378 Å². The lowest BCUT2D eigenvalue weighted by atomic mass is 10.0. The van der Waals surface area contributed by atoms with E-state index in [1.165, 1.54) is 78.9 Å². The number of amides is 2. The van der Waals surface area contributed by atoms with Crippen LogP contribution in [0.2, 0.25) is 0 Å². The van der Waals surface area contributed by atoms with Gasteiger partial charge in [-0.05, 0) is 103 Å². The Hall–Kier alpha value is -7.69. The zero-order chi connectivity index (χ0) is 48.6. The summed E-state index contributed by atoms with van der Waals surface area (Å²) in [4.78, 5) is 36.0. The summed E-state index contributed by atoms with van der Waals surface area (Å²) < 4.78 is 135. The van der Waals surface area contributed by atoms with E-state index in [-0.39, 0.29) is 66.8 Å². The molecule has 0 fully saturated rings. The number of hydrogen-bond acceptors (Lipinski definition) is 15. The van der Waals surface area contributed by atoms with Crippen LogP contribution in [0, 0.1) is 0 Å². The van der Waals surface area contributed by atoms with Crippen LogP contribution < -0.4 is 10.6 Å². The van der Waals surface area contributed by atoms with E-state index in [0.29, 0.717) is 0 Å². The van der Waals surface area contributed by atoms with Crippen molar-refractivity contribution >= 4 is 114 Å². The van der Waals surface area contributed by atoms with Crippen molar-refractivity contribution in [2.45, 2.75) is 19.6 Å². The monoisotopic (exact) mass is 988 g/mol. The maximum atomic E-state index is 13.2. The Bertz CT molecular complexity index is 3750. The van der Waals surface area contributed by atoms with Gasteiger partial charge in [0.05, 0.1) is 33.9 Å². The lowest BCUT2D eigenvalue weighted by molar-refractivity contribution is 0.0692. The predicted octanol–water partition coefficient (Wildman–Crippen LogP) is 8.01. The van der Waals surface area contributed by atoms with Crippen LogP contribution in [0.25, 0.3) is 21.5 Å². The molecular weight excluding hydrogens is 961 g/mol. The first-order valence-corrected chi connectivity index (χ1v) is 24.2. The summed E-state index contributed by atoms with van der Waals surface area (Å²) in [6.07, 6.45) is 0. The molecule has 0 aliphatic carbocycles. The van der Waals surface area contributed by atoms with Crippen LogP contribution in [-0.2, 0) is 40.5 Å². The molecule has 0 aliphatic rings. The number of carbonyl (C=O) groups is 3. The van der Waals surface area contributed by atoms with E-state index in [1.807, 2.05) is 0 Å². The SMILES string of the molecule is O=C(Nc1ccc(/N=N/c2cc(S(=O)(=O)O)c3cccc(S(=O)(=O)O)c3c2)cc1)c1ccc(C(=O)Nc2ccc(/N=N/c3cc(S(=O)(=O)O)c4cccc(S(=O)(=O)O)c4c3)cc2)c(C(=O)O)c1. The first kappa shape index (κ1) is 47.3. The summed E-state index contributed by atoms with van der Waals surface area (Å²) in [5.41, 5.74) is -0.745. The fourth-order valence-corrected chi connectivity index (χ4v) is 9.37. The zero-order valence-corrected chi connectivity index (χ0v) is 36.5. The van der Waals surface area contributed by atoms with Crippen molar-refractivity contribution in [1.82, 2.24) is 0 Å². The van der Waals surface area contributed by atoms with Gasteiger partial charge in [-0.25, -0.2) is 4.79 Å². The molecule has 0 bridgehead atoms. The minimum Gasteiger partial charge on any atom is -0.478 e. The molecule has 7 rings (SSSR count). The molecule has 0 saturated carbocycles. The number of nitrogens with zero attached hydrogens (tertiary/aromatic N) is 4. The van der Waals surface area contributed by atoms with Crippen LogP contribution in [0.4, 0.5) is 34.1 Å². The van der Waals surface area contributed by atoms with E-state index in [0.717, 1.165) is 48.5 Å². The Morgan fingerprint density at radius 2 is 0.776 bits per heavy atom. The molecule has 0 aliphatic heterocycles. The van der Waals surface area contributed by atoms with Gasteiger partial charge in [0.1, 0.15) is 19.6 Å². The van der Waals surface area contributed by atoms with Crippen molar-refractivity contribution in [2.75, 3.05) is 10.6 Å². The van der Waals surface area contributed by atoms with Crippen molar-refractivity contribution in [3.05, 3.63) is 144 Å². The summed E-state index contributed by atoms with van der Waals surface area (Å²) in [6, 6.07) is 25.3. The highest BCUT2D eigenvalue weighted by Crippen LogP contribution is 2.36. The Balaban J connectivity index is 1.03. The molecule has 0 aromatic heterocycles. The number of carboxylic acids is 1. The van der Waals surface area contributed by atoms with E-state index in [4.69, 9.17) is 0 Å². The molecule has 0 radical (unpaired) electrons. The van der Waals surface area contributed by atoms with Gasteiger partial charge in [0, 0.05) is 38.5 Å². The van der Waals surface area contributed by atoms with Gasteiger partial charge in [0.25, 0.3) is 52.3 Å². The highest BCUT2D eigenvalue weighted by molar-refractivity contribution is 7.87. The molecule has 22 nitrogen and oxygen atoms in total. The highest BCUT2D eigenvalue weighted by Gasteiger charge is 2.24. The summed E-state index contributed by atoms with van der Waals surface area (Å²) in [7, 11) is -19.4. The quantitative estimate of drug-likeness (QED) is 0.0424. The minimum atomic E-state index is -4.90. The average molecular weight is 989 g/mol. The number of rotatable bonds is 13. The number of benzene rings is 7. The molecule has 0 atom stereocenters. The van der Waals surface area contributed by atoms with E-state index < -0.39 is 83.4 Å². The largest absolute Gasteiger partial charge is 0.478 e. The van der Waals surface area contributed by atoms with Crippen LogP contribution in [-0.4, -0.2) is 74.8 Å². The van der Waals surface area contributed by atoms with Crippen molar-refractivity contribution < 1.29 is 71.4 Å².